The summed E-state index contributed by atoms with van der Waals surface area (Å²) in [6.45, 7) is 5.62. The Morgan fingerprint density at radius 1 is 1.50 bits per heavy atom. The molecule has 7 nitrogen and oxygen atoms in total. The Bertz CT molecular complexity index is 210. The number of nitrogens with two attached hydrogens (primary N) is 4. The highest BCUT2D eigenvalue weighted by Gasteiger charge is 1.99. The summed E-state index contributed by atoms with van der Waals surface area (Å²) in [4.78, 5) is 10.5. The highest BCUT2D eigenvalue weighted by atomic mass is 16.5. The molecule has 0 aliphatic carbocycles. The van der Waals surface area contributed by atoms with Gasteiger partial charge in [-0.25, -0.2) is 4.79 Å². The van der Waals surface area contributed by atoms with Crippen molar-refractivity contribution in [2.24, 2.45) is 28.1 Å². The largest absolute Gasteiger partial charge is 0.461 e. The van der Waals surface area contributed by atoms with Crippen molar-refractivity contribution in [3.63, 3.8) is 0 Å². The molecule has 14 heavy (non-hydrogen) atoms. The molecular weight excluding hydrogens is 186 g/mol. The third-order valence-electron chi connectivity index (χ3n) is 0.849. The second-order valence-corrected chi connectivity index (χ2v) is 2.26. The number of hydrazone groups is 1. The van der Waals surface area contributed by atoms with Crippen LogP contribution in [0.1, 0.15) is 6.92 Å². The summed E-state index contributed by atoms with van der Waals surface area (Å²) < 4.78 is 4.59. The molecule has 0 aromatic rings. The van der Waals surface area contributed by atoms with Gasteiger partial charge in [-0.05, 0) is 6.92 Å². The monoisotopic (exact) mass is 203 g/mol. The fourth-order valence-electron chi connectivity index (χ4n) is 0.275. The molecule has 0 fully saturated rings. The number of ether oxygens (including phenoxy) is 1. The molecule has 0 saturated carbocycles. The maximum Gasteiger partial charge on any atom is 0.333 e. The molecule has 0 amide bonds. The van der Waals surface area contributed by atoms with E-state index in [0.717, 1.165) is 0 Å². The molecule has 0 bridgehead atoms. The molecule has 0 rings (SSSR count). The molecule has 0 aliphatic rings. The zero-order chi connectivity index (χ0) is 11.6. The summed E-state index contributed by atoms with van der Waals surface area (Å²) in [7, 11) is 0. The molecule has 0 spiro atoms. The van der Waals surface area contributed by atoms with E-state index in [0.29, 0.717) is 12.1 Å². The Hall–Kier alpha value is -1.76. The maximum absolute atomic E-state index is 10.5. The first-order valence-corrected chi connectivity index (χ1v) is 3.77. The van der Waals surface area contributed by atoms with Gasteiger partial charge in [-0.1, -0.05) is 6.58 Å². The normalized spacial score (nSPS) is 7.86. The lowest BCUT2D eigenvalue weighted by Gasteiger charge is -1.99. The Morgan fingerprint density at radius 3 is 2.14 bits per heavy atom. The van der Waals surface area contributed by atoms with Crippen LogP contribution in [-0.4, -0.2) is 25.1 Å². The number of carbonyl (C=O) groups is 1. The van der Waals surface area contributed by atoms with Gasteiger partial charge in [0.25, 0.3) is 0 Å². The summed E-state index contributed by atoms with van der Waals surface area (Å²) in [5.41, 5.74) is 14.9. The van der Waals surface area contributed by atoms with Crippen LogP contribution in [0, 0.1) is 0 Å². The molecule has 82 valence electrons. The van der Waals surface area contributed by atoms with Gasteiger partial charge in [0.1, 0.15) is 6.61 Å². The number of hydrogen-bond acceptors (Lipinski definition) is 5. The van der Waals surface area contributed by atoms with E-state index in [9.17, 15) is 4.79 Å². The van der Waals surface area contributed by atoms with Gasteiger partial charge in [-0.2, -0.15) is 0 Å². The van der Waals surface area contributed by atoms with E-state index in [1.807, 2.05) is 0 Å². The number of rotatable bonds is 3. The Balaban J connectivity index is 0. The minimum absolute atomic E-state index is 0.0926. The van der Waals surface area contributed by atoms with E-state index in [4.69, 9.17) is 17.2 Å². The third-order valence-corrected chi connectivity index (χ3v) is 0.849. The SMILES string of the molecule is C=C(C)C(=O)OCCN.NN=C(N)N. The van der Waals surface area contributed by atoms with Gasteiger partial charge in [0.05, 0.1) is 0 Å². The molecule has 0 aliphatic heterocycles. The highest BCUT2D eigenvalue weighted by Crippen LogP contribution is 1.89. The van der Waals surface area contributed by atoms with E-state index < -0.39 is 0 Å². The van der Waals surface area contributed by atoms with Crippen LogP contribution >= 0.6 is 0 Å². The molecule has 0 atom stereocenters. The van der Waals surface area contributed by atoms with Gasteiger partial charge < -0.3 is 27.8 Å². The zero-order valence-corrected chi connectivity index (χ0v) is 8.19. The second-order valence-electron chi connectivity index (χ2n) is 2.26. The molecule has 7 heteroatoms. The predicted octanol–water partition coefficient (Wildman–Crippen LogP) is -1.80. The standard InChI is InChI=1S/C6H11NO2.CH6N4/c1-5(2)6(8)9-4-3-7;2-1(3)5-4/h1,3-4,7H2,2H3;4H2,(H4,2,3,5). The molecule has 0 aromatic heterocycles. The lowest BCUT2D eigenvalue weighted by molar-refractivity contribution is -0.138. The molecule has 0 saturated heterocycles. The van der Waals surface area contributed by atoms with Crippen LogP contribution < -0.4 is 23.0 Å². The van der Waals surface area contributed by atoms with Crippen molar-refractivity contribution in [3.8, 4) is 0 Å². The van der Waals surface area contributed by atoms with Crippen LogP contribution in [0.5, 0.6) is 0 Å². The summed E-state index contributed by atoms with van der Waals surface area (Å²) in [5, 5.41) is 2.86. The van der Waals surface area contributed by atoms with Crippen molar-refractivity contribution < 1.29 is 9.53 Å². The van der Waals surface area contributed by atoms with Gasteiger partial charge in [0, 0.05) is 12.1 Å². The molecule has 0 aromatic carbocycles. The van der Waals surface area contributed by atoms with Crippen molar-refractivity contribution in [3.05, 3.63) is 12.2 Å². The number of hydrogen-bond donors (Lipinski definition) is 4. The lowest BCUT2D eigenvalue weighted by atomic mass is 10.4. The van der Waals surface area contributed by atoms with Gasteiger partial charge in [-0.15, -0.1) is 5.10 Å². The maximum atomic E-state index is 10.5. The van der Waals surface area contributed by atoms with E-state index in [1.165, 1.54) is 0 Å². The van der Waals surface area contributed by atoms with E-state index in [-0.39, 0.29) is 18.5 Å². The summed E-state index contributed by atoms with van der Waals surface area (Å²) in [6.07, 6.45) is 0. The minimum atomic E-state index is -0.375. The number of nitrogens with zero attached hydrogens (tertiary/aromatic N) is 1. The number of carbonyl (C=O) groups excluding carboxylic acids is 1. The van der Waals surface area contributed by atoms with Gasteiger partial charge in [0.2, 0.25) is 5.96 Å². The van der Waals surface area contributed by atoms with E-state index in [2.05, 4.69) is 22.3 Å². The lowest BCUT2D eigenvalue weighted by Crippen LogP contribution is -2.23. The fraction of sp³-hybridized carbons (Fsp3) is 0.429. The summed E-state index contributed by atoms with van der Waals surface area (Å²) in [6, 6.07) is 0. The quantitative estimate of drug-likeness (QED) is 0.106. The van der Waals surface area contributed by atoms with Gasteiger partial charge >= 0.3 is 5.97 Å². The Morgan fingerprint density at radius 2 is 1.93 bits per heavy atom. The minimum Gasteiger partial charge on any atom is -0.461 e. The van der Waals surface area contributed by atoms with E-state index >= 15 is 0 Å². The van der Waals surface area contributed by atoms with Crippen molar-refractivity contribution in [1.82, 2.24) is 0 Å². The third kappa shape index (κ3) is 12.9. The summed E-state index contributed by atoms with van der Waals surface area (Å²) in [5.74, 6) is 4.04. The number of guanidine groups is 1. The topological polar surface area (TPSA) is 143 Å². The molecule has 0 radical (unpaired) electrons. The first kappa shape index (κ1) is 14.7. The Kier molecular flexibility index (Phi) is 9.83. The van der Waals surface area contributed by atoms with Crippen LogP contribution in [-0.2, 0) is 9.53 Å². The van der Waals surface area contributed by atoms with Crippen LogP contribution in [0.15, 0.2) is 17.3 Å². The van der Waals surface area contributed by atoms with Crippen LogP contribution in [0.25, 0.3) is 0 Å². The first-order chi connectivity index (χ1) is 6.45. The predicted molar refractivity (Wildman–Crippen MR) is 54.8 cm³/mol. The van der Waals surface area contributed by atoms with Crippen molar-refractivity contribution in [2.75, 3.05) is 13.2 Å². The zero-order valence-electron chi connectivity index (χ0n) is 8.19. The summed E-state index contributed by atoms with van der Waals surface area (Å²) >= 11 is 0. The molecular formula is C7H17N5O2. The molecule has 0 heterocycles. The van der Waals surface area contributed by atoms with Crippen LogP contribution in [0.3, 0.4) is 0 Å². The number of esters is 1. The van der Waals surface area contributed by atoms with Crippen LogP contribution in [0.4, 0.5) is 0 Å². The van der Waals surface area contributed by atoms with Crippen molar-refractivity contribution >= 4 is 11.9 Å². The molecule has 0 unspecified atom stereocenters. The highest BCUT2D eigenvalue weighted by molar-refractivity contribution is 5.86. The van der Waals surface area contributed by atoms with Crippen molar-refractivity contribution in [1.29, 1.82) is 0 Å². The fourth-order valence-corrected chi connectivity index (χ4v) is 0.275. The average Bonchev–Trinajstić information content (AvgIpc) is 2.14. The van der Waals surface area contributed by atoms with Gasteiger partial charge in [-0.3, -0.25) is 0 Å². The smallest absolute Gasteiger partial charge is 0.333 e. The van der Waals surface area contributed by atoms with Gasteiger partial charge in [0.15, 0.2) is 0 Å². The Labute approximate surface area is 82.7 Å². The second kappa shape index (κ2) is 9.33. The molecule has 8 N–H and O–H groups in total. The van der Waals surface area contributed by atoms with Crippen LogP contribution in [0.2, 0.25) is 0 Å². The van der Waals surface area contributed by atoms with Crippen molar-refractivity contribution in [2.45, 2.75) is 6.92 Å². The first-order valence-electron chi connectivity index (χ1n) is 3.77. The average molecular weight is 203 g/mol. The van der Waals surface area contributed by atoms with E-state index in [1.54, 1.807) is 6.92 Å².